The fourth-order valence-electron chi connectivity index (χ4n) is 4.19. The Balaban J connectivity index is 1.83. The van der Waals surface area contributed by atoms with Crippen LogP contribution in [0.4, 0.5) is 5.69 Å². The molecule has 2 aromatic rings. The molecular formula is C27H34Cl2N4O3S. The monoisotopic (exact) mass is 564 g/mol. The van der Waals surface area contributed by atoms with E-state index in [9.17, 15) is 8.42 Å². The molecule has 1 unspecified atom stereocenters. The number of hydrogen-bond donors (Lipinski definition) is 2. The maximum Gasteiger partial charge on any atom is 0.241 e. The Labute approximate surface area is 230 Å². The summed E-state index contributed by atoms with van der Waals surface area (Å²) in [5.74, 6) is 1.08. The van der Waals surface area contributed by atoms with Crippen LogP contribution in [0, 0.1) is 0 Å². The summed E-state index contributed by atoms with van der Waals surface area (Å²) in [7, 11) is -1.77. The first-order valence-corrected chi connectivity index (χ1v) is 14.3. The third-order valence-corrected chi connectivity index (χ3v) is 8.52. The first kappa shape index (κ1) is 29.1. The van der Waals surface area contributed by atoms with Gasteiger partial charge in [-0.15, -0.1) is 0 Å². The van der Waals surface area contributed by atoms with Crippen LogP contribution in [0.15, 0.2) is 83.1 Å². The zero-order chi connectivity index (χ0) is 27.2. The van der Waals surface area contributed by atoms with E-state index in [0.29, 0.717) is 23.5 Å². The topological polar surface area (TPSA) is 87.9 Å². The molecule has 10 heteroatoms. The first-order valence-electron chi connectivity index (χ1n) is 12.0. The number of allylic oxidation sites excluding steroid dienone is 1. The first-order chi connectivity index (χ1) is 17.6. The van der Waals surface area contributed by atoms with E-state index in [1.54, 1.807) is 13.0 Å². The van der Waals surface area contributed by atoms with Crippen LogP contribution in [0.3, 0.4) is 0 Å². The normalized spacial score (nSPS) is 16.5. The van der Waals surface area contributed by atoms with E-state index in [0.717, 1.165) is 37.4 Å². The average Bonchev–Trinajstić information content (AvgIpc) is 2.86. The van der Waals surface area contributed by atoms with Gasteiger partial charge in [0.25, 0.3) is 0 Å². The summed E-state index contributed by atoms with van der Waals surface area (Å²) < 4.78 is 34.9. The van der Waals surface area contributed by atoms with E-state index in [-0.39, 0.29) is 14.9 Å². The SMILES string of the molecule is C=C(Oc1cccc(N2CCN(C)CC2)c1)/C(CC)=C(\C=C/N)C(C)NS(=O)(=O)c1ccc(Cl)c(Cl)c1. The highest BCUT2D eigenvalue weighted by molar-refractivity contribution is 7.89. The molecule has 1 aliphatic heterocycles. The van der Waals surface area contributed by atoms with Crippen molar-refractivity contribution < 1.29 is 13.2 Å². The number of benzene rings is 2. The van der Waals surface area contributed by atoms with Gasteiger partial charge in [0.1, 0.15) is 11.5 Å². The van der Waals surface area contributed by atoms with Crippen LogP contribution in [-0.4, -0.2) is 52.6 Å². The number of anilines is 1. The van der Waals surface area contributed by atoms with Crippen molar-refractivity contribution >= 4 is 38.9 Å². The van der Waals surface area contributed by atoms with Crippen molar-refractivity contribution in [2.75, 3.05) is 38.1 Å². The molecule has 1 atom stereocenters. The summed E-state index contributed by atoms with van der Waals surface area (Å²) in [6.07, 6.45) is 3.59. The zero-order valence-electron chi connectivity index (χ0n) is 21.4. The van der Waals surface area contributed by atoms with E-state index >= 15 is 0 Å². The Bertz CT molecular complexity index is 1290. The van der Waals surface area contributed by atoms with Gasteiger partial charge < -0.3 is 20.3 Å². The van der Waals surface area contributed by atoms with Crippen molar-refractivity contribution in [2.24, 2.45) is 5.73 Å². The number of hydrogen-bond acceptors (Lipinski definition) is 6. The number of piperazine rings is 1. The maximum absolute atomic E-state index is 13.0. The van der Waals surface area contributed by atoms with Crippen molar-refractivity contribution in [1.29, 1.82) is 0 Å². The lowest BCUT2D eigenvalue weighted by molar-refractivity contribution is 0.312. The zero-order valence-corrected chi connectivity index (χ0v) is 23.7. The van der Waals surface area contributed by atoms with E-state index in [1.807, 2.05) is 25.1 Å². The Kier molecular flexibility index (Phi) is 10.1. The summed E-state index contributed by atoms with van der Waals surface area (Å²) in [6, 6.07) is 11.4. The van der Waals surface area contributed by atoms with Gasteiger partial charge in [0, 0.05) is 44.0 Å². The second-order valence-electron chi connectivity index (χ2n) is 8.88. The fraction of sp³-hybridized carbons (Fsp3) is 0.333. The van der Waals surface area contributed by atoms with Crippen LogP contribution in [0.5, 0.6) is 5.75 Å². The van der Waals surface area contributed by atoms with Crippen LogP contribution < -0.4 is 20.1 Å². The third-order valence-electron chi connectivity index (χ3n) is 6.24. The molecule has 1 heterocycles. The number of nitrogens with zero attached hydrogens (tertiary/aromatic N) is 2. The summed E-state index contributed by atoms with van der Waals surface area (Å²) in [5.41, 5.74) is 8.21. The molecule has 0 aliphatic carbocycles. The molecule has 0 aromatic heterocycles. The largest absolute Gasteiger partial charge is 0.458 e. The van der Waals surface area contributed by atoms with Gasteiger partial charge in [-0.2, -0.15) is 0 Å². The van der Waals surface area contributed by atoms with Crippen LogP contribution >= 0.6 is 23.2 Å². The molecule has 0 amide bonds. The van der Waals surface area contributed by atoms with E-state index < -0.39 is 16.1 Å². The van der Waals surface area contributed by atoms with Gasteiger partial charge in [-0.05, 0) is 74.1 Å². The molecule has 7 nitrogen and oxygen atoms in total. The number of rotatable bonds is 10. The van der Waals surface area contributed by atoms with E-state index in [4.69, 9.17) is 33.7 Å². The van der Waals surface area contributed by atoms with Gasteiger partial charge in [0.15, 0.2) is 0 Å². The van der Waals surface area contributed by atoms with Crippen molar-refractivity contribution in [3.63, 3.8) is 0 Å². The quantitative estimate of drug-likeness (QED) is 0.305. The molecule has 1 aliphatic rings. The van der Waals surface area contributed by atoms with Gasteiger partial charge in [-0.3, -0.25) is 0 Å². The molecular weight excluding hydrogens is 531 g/mol. The molecule has 0 radical (unpaired) electrons. The highest BCUT2D eigenvalue weighted by atomic mass is 35.5. The number of nitrogens with two attached hydrogens (primary N) is 1. The van der Waals surface area contributed by atoms with Crippen LogP contribution in [0.25, 0.3) is 0 Å². The highest BCUT2D eigenvalue weighted by Crippen LogP contribution is 2.29. The van der Waals surface area contributed by atoms with Crippen molar-refractivity contribution in [2.45, 2.75) is 31.2 Å². The lowest BCUT2D eigenvalue weighted by Crippen LogP contribution is -2.44. The third kappa shape index (κ3) is 7.52. The minimum absolute atomic E-state index is 0.0127. The van der Waals surface area contributed by atoms with Crippen LogP contribution in [0.1, 0.15) is 20.3 Å². The Morgan fingerprint density at radius 3 is 2.49 bits per heavy atom. The lowest BCUT2D eigenvalue weighted by Gasteiger charge is -2.34. The molecule has 0 bridgehead atoms. The van der Waals surface area contributed by atoms with Crippen molar-refractivity contribution in [1.82, 2.24) is 9.62 Å². The second kappa shape index (κ2) is 12.8. The molecule has 3 N–H and O–H groups in total. The molecule has 1 saturated heterocycles. The Morgan fingerprint density at radius 2 is 1.86 bits per heavy atom. The van der Waals surface area contributed by atoms with Gasteiger partial charge in [0.05, 0.1) is 14.9 Å². The summed E-state index contributed by atoms with van der Waals surface area (Å²) >= 11 is 12.0. The average molecular weight is 566 g/mol. The molecule has 0 spiro atoms. The minimum atomic E-state index is -3.89. The Hall–Kier alpha value is -2.49. The summed E-state index contributed by atoms with van der Waals surface area (Å²) in [6.45, 7) is 11.7. The summed E-state index contributed by atoms with van der Waals surface area (Å²) in [5, 5.41) is 0.434. The standard InChI is InChI=1S/C27H34Cl2N4O3S/c1-5-24(20(3)36-22-8-6-7-21(17-22)33-15-13-32(4)14-16-33)25(11-12-30)19(2)31-37(34,35)23-9-10-26(28)27(29)18-23/h6-12,17-19,31H,3,5,13-16,30H2,1-2,4H3/b12-11-,25-24+. The van der Waals surface area contributed by atoms with Crippen molar-refractivity contribution in [3.8, 4) is 5.75 Å². The molecule has 200 valence electrons. The minimum Gasteiger partial charge on any atom is -0.458 e. The smallest absolute Gasteiger partial charge is 0.241 e. The number of ether oxygens (including phenoxy) is 1. The number of sulfonamides is 1. The van der Waals surface area contributed by atoms with Gasteiger partial charge in [0.2, 0.25) is 10.0 Å². The maximum atomic E-state index is 13.0. The molecule has 0 saturated carbocycles. The number of likely N-dealkylation sites (N-methyl/N-ethyl adjacent to an activating group) is 1. The molecule has 1 fully saturated rings. The number of halogens is 2. The molecule has 37 heavy (non-hydrogen) atoms. The second-order valence-corrected chi connectivity index (χ2v) is 11.4. The molecule has 3 rings (SSSR count). The van der Waals surface area contributed by atoms with E-state index in [2.05, 4.69) is 34.2 Å². The van der Waals surface area contributed by atoms with Gasteiger partial charge >= 0.3 is 0 Å². The van der Waals surface area contributed by atoms with E-state index in [1.165, 1.54) is 24.4 Å². The van der Waals surface area contributed by atoms with Gasteiger partial charge in [-0.25, -0.2) is 13.1 Å². The Morgan fingerprint density at radius 1 is 1.16 bits per heavy atom. The van der Waals surface area contributed by atoms with Gasteiger partial charge in [-0.1, -0.05) is 42.8 Å². The predicted octanol–water partition coefficient (Wildman–Crippen LogP) is 5.18. The molecule has 2 aromatic carbocycles. The van der Waals surface area contributed by atoms with Crippen LogP contribution in [-0.2, 0) is 10.0 Å². The lowest BCUT2D eigenvalue weighted by atomic mass is 9.99. The predicted molar refractivity (Wildman–Crippen MR) is 153 cm³/mol. The fourth-order valence-corrected chi connectivity index (χ4v) is 5.80. The highest BCUT2D eigenvalue weighted by Gasteiger charge is 2.23. The van der Waals surface area contributed by atoms with Crippen molar-refractivity contribution in [3.05, 3.63) is 88.3 Å². The van der Waals surface area contributed by atoms with Crippen LogP contribution in [0.2, 0.25) is 10.0 Å². The summed E-state index contributed by atoms with van der Waals surface area (Å²) in [4.78, 5) is 4.65. The number of nitrogens with one attached hydrogen (secondary N) is 1.